The zero-order chi connectivity index (χ0) is 16.7. The number of urea groups is 1. The van der Waals surface area contributed by atoms with Crippen molar-refractivity contribution in [3.8, 4) is 5.75 Å². The number of aliphatic hydroxyl groups excluding tert-OH is 1. The molecule has 4 rings (SSSR count). The van der Waals surface area contributed by atoms with Gasteiger partial charge in [-0.3, -0.25) is 0 Å². The maximum absolute atomic E-state index is 12.4. The van der Waals surface area contributed by atoms with Gasteiger partial charge in [0, 0.05) is 13.1 Å². The fourth-order valence-electron chi connectivity index (χ4n) is 4.92. The number of likely N-dealkylation sites (tertiary alicyclic amines) is 1. The molecule has 2 bridgehead atoms. The molecule has 5 atom stereocenters. The highest BCUT2D eigenvalue weighted by molar-refractivity contribution is 5.75. The summed E-state index contributed by atoms with van der Waals surface area (Å²) < 4.78 is 5.75. The van der Waals surface area contributed by atoms with E-state index < -0.39 is 0 Å². The Hall–Kier alpha value is -1.75. The predicted molar refractivity (Wildman–Crippen MR) is 90.9 cm³/mol. The molecule has 1 aromatic carbocycles. The van der Waals surface area contributed by atoms with Crippen LogP contribution in [0.3, 0.4) is 0 Å². The van der Waals surface area contributed by atoms with Crippen LogP contribution < -0.4 is 10.1 Å². The van der Waals surface area contributed by atoms with Crippen LogP contribution >= 0.6 is 0 Å². The van der Waals surface area contributed by atoms with Crippen molar-refractivity contribution < 1.29 is 14.6 Å². The molecule has 3 fully saturated rings. The molecule has 2 amide bonds. The van der Waals surface area contributed by atoms with Crippen LogP contribution in [0.1, 0.15) is 24.8 Å². The minimum absolute atomic E-state index is 0.0232. The van der Waals surface area contributed by atoms with E-state index in [0.717, 1.165) is 37.1 Å². The summed E-state index contributed by atoms with van der Waals surface area (Å²) in [6, 6.07) is 7.98. The standard InChI is InChI=1S/C19H26N2O3/c1-12-5-2-3-6-16(12)24-8-4-7-20-19(23)21-11-14-9-13-10-15(14)17(21)18(13)22/h2-3,5-6,13-15,17-18,22H,4,7-11H2,1H3,(H,20,23). The number of nitrogens with zero attached hydrogens (tertiary/aromatic N) is 1. The number of ether oxygens (including phenoxy) is 1. The third-order valence-corrected chi connectivity index (χ3v) is 6.06. The van der Waals surface area contributed by atoms with Crippen LogP contribution in [0.15, 0.2) is 24.3 Å². The third kappa shape index (κ3) is 2.65. The molecular formula is C19H26N2O3. The normalized spacial score (nSPS) is 33.1. The maximum Gasteiger partial charge on any atom is 0.317 e. The lowest BCUT2D eigenvalue weighted by Crippen LogP contribution is -2.48. The van der Waals surface area contributed by atoms with Crippen LogP contribution in [0, 0.1) is 24.7 Å². The van der Waals surface area contributed by atoms with Gasteiger partial charge in [0.1, 0.15) is 5.75 Å². The molecule has 0 spiro atoms. The van der Waals surface area contributed by atoms with E-state index in [1.54, 1.807) is 0 Å². The molecule has 1 aliphatic heterocycles. The Morgan fingerprint density at radius 2 is 2.17 bits per heavy atom. The van der Waals surface area contributed by atoms with Gasteiger partial charge in [0.05, 0.1) is 18.8 Å². The first kappa shape index (κ1) is 15.8. The maximum atomic E-state index is 12.4. The van der Waals surface area contributed by atoms with Crippen LogP contribution in [0.2, 0.25) is 0 Å². The minimum atomic E-state index is -0.316. The lowest BCUT2D eigenvalue weighted by molar-refractivity contribution is 0.0609. The number of amides is 2. The molecule has 24 heavy (non-hydrogen) atoms. The molecule has 5 nitrogen and oxygen atoms in total. The molecule has 3 aliphatic rings. The number of fused-ring (bicyclic) bond motifs is 1. The number of nitrogens with one attached hydrogen (secondary N) is 1. The summed E-state index contributed by atoms with van der Waals surface area (Å²) in [5, 5.41) is 13.3. The summed E-state index contributed by atoms with van der Waals surface area (Å²) in [7, 11) is 0. The number of aryl methyl sites for hydroxylation is 1. The SMILES string of the molecule is Cc1ccccc1OCCCNC(=O)N1CC2CC3CC2C1C3O. The first-order chi connectivity index (χ1) is 11.6. The molecule has 0 aromatic heterocycles. The zero-order valence-corrected chi connectivity index (χ0v) is 14.1. The van der Waals surface area contributed by atoms with Crippen LogP contribution in [0.25, 0.3) is 0 Å². The van der Waals surface area contributed by atoms with Crippen molar-refractivity contribution in [1.82, 2.24) is 10.2 Å². The second-order valence-electron chi connectivity index (χ2n) is 7.49. The first-order valence-corrected chi connectivity index (χ1v) is 9.06. The smallest absolute Gasteiger partial charge is 0.317 e. The average molecular weight is 330 g/mol. The molecule has 5 unspecified atom stereocenters. The number of aliphatic hydroxyl groups is 1. The average Bonchev–Trinajstić information content (AvgIpc) is 3.18. The van der Waals surface area contributed by atoms with E-state index in [2.05, 4.69) is 5.32 Å². The van der Waals surface area contributed by atoms with Gasteiger partial charge in [0.15, 0.2) is 0 Å². The Bertz CT molecular complexity index is 618. The van der Waals surface area contributed by atoms with Crippen molar-refractivity contribution in [2.45, 2.75) is 38.3 Å². The molecule has 130 valence electrons. The highest BCUT2D eigenvalue weighted by Crippen LogP contribution is 2.54. The van der Waals surface area contributed by atoms with E-state index in [4.69, 9.17) is 4.74 Å². The van der Waals surface area contributed by atoms with Gasteiger partial charge in [-0.05, 0) is 55.6 Å². The van der Waals surface area contributed by atoms with Crippen molar-refractivity contribution in [1.29, 1.82) is 0 Å². The summed E-state index contributed by atoms with van der Waals surface area (Å²) in [6.45, 7) is 4.03. The van der Waals surface area contributed by atoms with Crippen LogP contribution in [0.4, 0.5) is 4.79 Å². The highest BCUT2D eigenvalue weighted by atomic mass is 16.5. The first-order valence-electron chi connectivity index (χ1n) is 9.06. The number of benzene rings is 1. The van der Waals surface area contributed by atoms with Gasteiger partial charge in [0.2, 0.25) is 0 Å². The predicted octanol–water partition coefficient (Wildman–Crippen LogP) is 2.17. The summed E-state index contributed by atoms with van der Waals surface area (Å²) >= 11 is 0. The molecule has 2 saturated carbocycles. The molecule has 1 heterocycles. The van der Waals surface area contributed by atoms with Gasteiger partial charge >= 0.3 is 6.03 Å². The molecule has 0 radical (unpaired) electrons. The van der Waals surface area contributed by atoms with Crippen LogP contribution in [-0.4, -0.2) is 47.9 Å². The highest BCUT2D eigenvalue weighted by Gasteiger charge is 2.59. The lowest BCUT2D eigenvalue weighted by Gasteiger charge is -2.28. The van der Waals surface area contributed by atoms with Crippen molar-refractivity contribution >= 4 is 6.03 Å². The van der Waals surface area contributed by atoms with Gasteiger partial charge in [-0.1, -0.05) is 18.2 Å². The number of hydrogen-bond donors (Lipinski definition) is 2. The van der Waals surface area contributed by atoms with Gasteiger partial charge < -0.3 is 20.1 Å². The second-order valence-corrected chi connectivity index (χ2v) is 7.49. The summed E-state index contributed by atoms with van der Waals surface area (Å²) in [6.07, 6.45) is 2.65. The monoisotopic (exact) mass is 330 g/mol. The van der Waals surface area contributed by atoms with Crippen molar-refractivity contribution in [2.75, 3.05) is 19.7 Å². The van der Waals surface area contributed by atoms with Crippen molar-refractivity contribution in [3.05, 3.63) is 29.8 Å². The Morgan fingerprint density at radius 3 is 2.96 bits per heavy atom. The van der Waals surface area contributed by atoms with Crippen molar-refractivity contribution in [2.24, 2.45) is 17.8 Å². The molecule has 5 heteroatoms. The lowest BCUT2D eigenvalue weighted by atomic mass is 9.88. The fraction of sp³-hybridized carbons (Fsp3) is 0.632. The third-order valence-electron chi connectivity index (χ3n) is 6.06. The van der Waals surface area contributed by atoms with Gasteiger partial charge in [-0.15, -0.1) is 0 Å². The van der Waals surface area contributed by atoms with Gasteiger partial charge in [-0.2, -0.15) is 0 Å². The van der Waals surface area contributed by atoms with E-state index in [0.29, 0.717) is 30.9 Å². The molecular weight excluding hydrogens is 304 g/mol. The summed E-state index contributed by atoms with van der Waals surface area (Å²) in [5.74, 6) is 2.46. The van der Waals surface area contributed by atoms with Crippen LogP contribution in [0.5, 0.6) is 5.75 Å². The fourth-order valence-corrected chi connectivity index (χ4v) is 4.92. The van der Waals surface area contributed by atoms with E-state index in [9.17, 15) is 9.90 Å². The number of carbonyl (C=O) groups is 1. The van der Waals surface area contributed by atoms with E-state index in [1.165, 1.54) is 0 Å². The van der Waals surface area contributed by atoms with E-state index in [-0.39, 0.29) is 18.2 Å². The van der Waals surface area contributed by atoms with Crippen LogP contribution in [-0.2, 0) is 0 Å². The Balaban J connectivity index is 1.21. The second kappa shape index (κ2) is 6.28. The Labute approximate surface area is 143 Å². The van der Waals surface area contributed by atoms with Gasteiger partial charge in [-0.25, -0.2) is 4.79 Å². The zero-order valence-electron chi connectivity index (χ0n) is 14.1. The van der Waals surface area contributed by atoms with Gasteiger partial charge in [0.25, 0.3) is 0 Å². The van der Waals surface area contributed by atoms with E-state index in [1.807, 2.05) is 36.1 Å². The number of carbonyl (C=O) groups excluding carboxylic acids is 1. The molecule has 1 aromatic rings. The molecule has 1 saturated heterocycles. The number of hydrogen-bond acceptors (Lipinski definition) is 3. The largest absolute Gasteiger partial charge is 0.493 e. The quantitative estimate of drug-likeness (QED) is 0.814. The summed E-state index contributed by atoms with van der Waals surface area (Å²) in [4.78, 5) is 14.3. The Morgan fingerprint density at radius 1 is 1.33 bits per heavy atom. The minimum Gasteiger partial charge on any atom is -0.493 e. The van der Waals surface area contributed by atoms with E-state index >= 15 is 0 Å². The number of rotatable bonds is 5. The summed E-state index contributed by atoms with van der Waals surface area (Å²) in [5.41, 5.74) is 1.12. The van der Waals surface area contributed by atoms with Crippen molar-refractivity contribution in [3.63, 3.8) is 0 Å². The topological polar surface area (TPSA) is 61.8 Å². The molecule has 2 N–H and O–H groups in total. The number of para-hydroxylation sites is 1. The molecule has 2 aliphatic carbocycles. The Kier molecular flexibility index (Phi) is 4.12.